The van der Waals surface area contributed by atoms with Crippen molar-refractivity contribution in [3.05, 3.63) is 90.0 Å². The number of carbonyl (C=O) groups excluding carboxylic acids is 3. The molecule has 0 radical (unpaired) electrons. The summed E-state index contributed by atoms with van der Waals surface area (Å²) in [4.78, 5) is 37.0. The van der Waals surface area contributed by atoms with E-state index in [0.29, 0.717) is 29.1 Å². The summed E-state index contributed by atoms with van der Waals surface area (Å²) in [5.74, 6) is -0.892. The largest absolute Gasteiger partial charge is 0.497 e. The summed E-state index contributed by atoms with van der Waals surface area (Å²) >= 11 is 0. The molecule has 3 aromatic rings. The van der Waals surface area contributed by atoms with Gasteiger partial charge in [0, 0.05) is 16.9 Å². The van der Waals surface area contributed by atoms with Gasteiger partial charge in [-0.15, -0.1) is 0 Å². The van der Waals surface area contributed by atoms with Gasteiger partial charge in [-0.1, -0.05) is 37.3 Å². The zero-order valence-corrected chi connectivity index (χ0v) is 18.5. The molecule has 0 saturated carbocycles. The Morgan fingerprint density at radius 2 is 1.42 bits per heavy atom. The lowest BCUT2D eigenvalue weighted by molar-refractivity contribution is -0.149. The minimum Gasteiger partial charge on any atom is -0.497 e. The highest BCUT2D eigenvalue weighted by Crippen LogP contribution is 2.21. The van der Waals surface area contributed by atoms with E-state index in [2.05, 4.69) is 10.6 Å². The second kappa shape index (κ2) is 11.5. The van der Waals surface area contributed by atoms with E-state index in [-0.39, 0.29) is 12.5 Å². The van der Waals surface area contributed by atoms with Gasteiger partial charge in [0.2, 0.25) is 0 Å². The second-order valence-electron chi connectivity index (χ2n) is 7.29. The molecule has 0 aliphatic carbocycles. The zero-order chi connectivity index (χ0) is 23.6. The molecule has 7 nitrogen and oxygen atoms in total. The molecule has 3 rings (SSSR count). The molecule has 0 heterocycles. The molecule has 0 aromatic heterocycles. The van der Waals surface area contributed by atoms with Crippen LogP contribution in [-0.2, 0) is 14.3 Å². The standard InChI is InChI=1S/C26H26N2O5/c1-3-23(18-7-5-4-6-8-18)26(31)33-17-24(29)27-20-11-9-19(10-12-20)25(30)28-21-13-15-22(32-2)16-14-21/h4-16,23H,3,17H2,1-2H3,(H,27,29)(H,28,30)/t23-/m0/s1. The van der Waals surface area contributed by atoms with Crippen LogP contribution < -0.4 is 15.4 Å². The van der Waals surface area contributed by atoms with E-state index in [1.54, 1.807) is 55.6 Å². The fourth-order valence-corrected chi connectivity index (χ4v) is 3.24. The van der Waals surface area contributed by atoms with Gasteiger partial charge >= 0.3 is 5.97 Å². The quantitative estimate of drug-likeness (QED) is 0.468. The first-order valence-corrected chi connectivity index (χ1v) is 10.6. The number of benzene rings is 3. The van der Waals surface area contributed by atoms with Crippen molar-refractivity contribution in [2.45, 2.75) is 19.3 Å². The molecule has 0 spiro atoms. The van der Waals surface area contributed by atoms with Crippen molar-refractivity contribution in [3.63, 3.8) is 0 Å². The number of anilines is 2. The number of rotatable bonds is 9. The Morgan fingerprint density at radius 3 is 2.03 bits per heavy atom. The first-order chi connectivity index (χ1) is 16.0. The Balaban J connectivity index is 1.50. The van der Waals surface area contributed by atoms with Gasteiger partial charge in [-0.25, -0.2) is 0 Å². The van der Waals surface area contributed by atoms with Crippen LogP contribution in [0.4, 0.5) is 11.4 Å². The van der Waals surface area contributed by atoms with Crippen LogP contribution in [0.15, 0.2) is 78.9 Å². The average Bonchev–Trinajstić information content (AvgIpc) is 2.85. The SMILES string of the molecule is CC[C@H](C(=O)OCC(=O)Nc1ccc(C(=O)Nc2ccc(OC)cc2)cc1)c1ccccc1. The van der Waals surface area contributed by atoms with Crippen molar-refractivity contribution in [3.8, 4) is 5.75 Å². The van der Waals surface area contributed by atoms with Crippen LogP contribution in [0.5, 0.6) is 5.75 Å². The van der Waals surface area contributed by atoms with Gasteiger partial charge in [-0.05, 0) is 60.5 Å². The summed E-state index contributed by atoms with van der Waals surface area (Å²) in [5.41, 5.74) is 2.42. The van der Waals surface area contributed by atoms with Crippen LogP contribution >= 0.6 is 0 Å². The third-order valence-corrected chi connectivity index (χ3v) is 5.02. The van der Waals surface area contributed by atoms with Crippen LogP contribution in [0, 0.1) is 0 Å². The molecule has 33 heavy (non-hydrogen) atoms. The van der Waals surface area contributed by atoms with E-state index in [1.165, 1.54) is 0 Å². The van der Waals surface area contributed by atoms with Crippen molar-refractivity contribution in [2.75, 3.05) is 24.4 Å². The normalized spacial score (nSPS) is 11.2. The van der Waals surface area contributed by atoms with Crippen LogP contribution in [0.3, 0.4) is 0 Å². The molecule has 0 fully saturated rings. The van der Waals surface area contributed by atoms with Gasteiger partial charge < -0.3 is 20.1 Å². The molecule has 0 saturated heterocycles. The van der Waals surface area contributed by atoms with E-state index < -0.39 is 17.8 Å². The summed E-state index contributed by atoms with van der Waals surface area (Å²) < 4.78 is 10.3. The first kappa shape index (κ1) is 23.5. The number of hydrogen-bond donors (Lipinski definition) is 2. The second-order valence-corrected chi connectivity index (χ2v) is 7.29. The molecule has 1 atom stereocenters. The van der Waals surface area contributed by atoms with Gasteiger partial charge in [-0.2, -0.15) is 0 Å². The molecule has 2 N–H and O–H groups in total. The van der Waals surface area contributed by atoms with E-state index in [9.17, 15) is 14.4 Å². The van der Waals surface area contributed by atoms with Gasteiger partial charge in [-0.3, -0.25) is 14.4 Å². The fourth-order valence-electron chi connectivity index (χ4n) is 3.24. The first-order valence-electron chi connectivity index (χ1n) is 10.6. The predicted octanol–water partition coefficient (Wildman–Crippen LogP) is 4.62. The van der Waals surface area contributed by atoms with Gasteiger partial charge in [0.05, 0.1) is 13.0 Å². The highest BCUT2D eigenvalue weighted by Gasteiger charge is 2.21. The molecule has 2 amide bonds. The molecule has 0 unspecified atom stereocenters. The molecule has 0 bridgehead atoms. The number of esters is 1. The maximum Gasteiger partial charge on any atom is 0.313 e. The summed E-state index contributed by atoms with van der Waals surface area (Å²) in [6, 6.07) is 22.7. The number of nitrogens with one attached hydrogen (secondary N) is 2. The Hall–Kier alpha value is -4.13. The van der Waals surface area contributed by atoms with Crippen LogP contribution in [0.25, 0.3) is 0 Å². The van der Waals surface area contributed by atoms with E-state index in [4.69, 9.17) is 9.47 Å². The van der Waals surface area contributed by atoms with Crippen molar-refractivity contribution in [1.29, 1.82) is 0 Å². The van der Waals surface area contributed by atoms with Crippen molar-refractivity contribution in [2.24, 2.45) is 0 Å². The van der Waals surface area contributed by atoms with E-state index >= 15 is 0 Å². The molecular formula is C26H26N2O5. The Morgan fingerprint density at radius 1 is 0.818 bits per heavy atom. The molecule has 170 valence electrons. The number of ether oxygens (including phenoxy) is 2. The van der Waals surface area contributed by atoms with E-state index in [1.807, 2.05) is 37.3 Å². The number of hydrogen-bond acceptors (Lipinski definition) is 5. The molecular weight excluding hydrogens is 420 g/mol. The van der Waals surface area contributed by atoms with Gasteiger partial charge in [0.1, 0.15) is 5.75 Å². The van der Waals surface area contributed by atoms with Gasteiger partial charge in [0.25, 0.3) is 11.8 Å². The molecule has 3 aromatic carbocycles. The fraction of sp³-hybridized carbons (Fsp3) is 0.192. The van der Waals surface area contributed by atoms with E-state index in [0.717, 1.165) is 5.56 Å². The zero-order valence-electron chi connectivity index (χ0n) is 18.5. The van der Waals surface area contributed by atoms with Crippen LogP contribution in [-0.4, -0.2) is 31.5 Å². The smallest absolute Gasteiger partial charge is 0.313 e. The Bertz CT molecular complexity index is 1080. The van der Waals surface area contributed by atoms with Crippen LogP contribution in [0.2, 0.25) is 0 Å². The molecule has 7 heteroatoms. The summed E-state index contributed by atoms with van der Waals surface area (Å²) in [5, 5.41) is 5.45. The Kier molecular flexibility index (Phi) is 8.18. The number of amides is 2. The van der Waals surface area contributed by atoms with Gasteiger partial charge in [0.15, 0.2) is 6.61 Å². The minimum atomic E-state index is -0.457. The highest BCUT2D eigenvalue weighted by molar-refractivity contribution is 6.04. The lowest BCUT2D eigenvalue weighted by atomic mass is 9.97. The maximum absolute atomic E-state index is 12.4. The van der Waals surface area contributed by atoms with Crippen LogP contribution in [0.1, 0.15) is 35.2 Å². The summed E-state index contributed by atoms with van der Waals surface area (Å²) in [7, 11) is 1.57. The monoisotopic (exact) mass is 446 g/mol. The minimum absolute atomic E-state index is 0.279. The average molecular weight is 447 g/mol. The third kappa shape index (κ3) is 6.67. The molecule has 0 aliphatic rings. The summed E-state index contributed by atoms with van der Waals surface area (Å²) in [6.45, 7) is 1.51. The number of methoxy groups -OCH3 is 1. The maximum atomic E-state index is 12.4. The number of carbonyl (C=O) groups is 3. The lowest BCUT2D eigenvalue weighted by Gasteiger charge is -2.14. The van der Waals surface area contributed by atoms with Crippen molar-refractivity contribution >= 4 is 29.2 Å². The van der Waals surface area contributed by atoms with Crippen molar-refractivity contribution < 1.29 is 23.9 Å². The topological polar surface area (TPSA) is 93.7 Å². The summed E-state index contributed by atoms with van der Waals surface area (Å²) in [6.07, 6.45) is 0.574. The third-order valence-electron chi connectivity index (χ3n) is 5.02. The predicted molar refractivity (Wildman–Crippen MR) is 126 cm³/mol. The van der Waals surface area contributed by atoms with Crippen molar-refractivity contribution in [1.82, 2.24) is 0 Å². The lowest BCUT2D eigenvalue weighted by Crippen LogP contribution is -2.24. The highest BCUT2D eigenvalue weighted by atomic mass is 16.5. The Labute approximate surface area is 192 Å². The molecule has 0 aliphatic heterocycles.